The van der Waals surface area contributed by atoms with E-state index in [1.165, 1.54) is 0 Å². The van der Waals surface area contributed by atoms with E-state index in [9.17, 15) is 0 Å². The summed E-state index contributed by atoms with van der Waals surface area (Å²) in [5.41, 5.74) is 1.15. The quantitative estimate of drug-likeness (QED) is 0.476. The van der Waals surface area contributed by atoms with E-state index in [-0.39, 0.29) is 23.5 Å². The summed E-state index contributed by atoms with van der Waals surface area (Å²) in [6, 6.07) is 10.2. The largest absolute Gasteiger partial charge is 0.414 e. The van der Waals surface area contributed by atoms with Gasteiger partial charge in [-0.2, -0.15) is 0 Å². The van der Waals surface area contributed by atoms with Gasteiger partial charge in [0.1, 0.15) is 12.2 Å². The van der Waals surface area contributed by atoms with Crippen molar-refractivity contribution < 1.29 is 18.6 Å². The summed E-state index contributed by atoms with van der Waals surface area (Å²) in [5.74, 6) is 0. The zero-order valence-corrected chi connectivity index (χ0v) is 18.0. The number of ether oxygens (including phenoxy) is 3. The predicted molar refractivity (Wildman–Crippen MR) is 108 cm³/mol. The normalized spacial score (nSPS) is 24.0. The van der Waals surface area contributed by atoms with Crippen LogP contribution in [0.1, 0.15) is 33.3 Å². The first-order valence-corrected chi connectivity index (χ1v) is 12.4. The van der Waals surface area contributed by atoms with Crippen molar-refractivity contribution in [3.63, 3.8) is 0 Å². The summed E-state index contributed by atoms with van der Waals surface area (Å²) in [6.07, 6.45) is 3.34. The highest BCUT2D eigenvalue weighted by molar-refractivity contribution is 6.74. The molecule has 0 spiro atoms. The Kier molecular flexibility index (Phi) is 7.61. The first-order chi connectivity index (χ1) is 12.2. The molecule has 0 aliphatic carbocycles. The average Bonchev–Trinajstić information content (AvgIpc) is 2.59. The van der Waals surface area contributed by atoms with Crippen molar-refractivity contribution in [2.45, 2.75) is 70.9 Å². The molecular weight excluding hydrogens is 344 g/mol. The van der Waals surface area contributed by atoms with Crippen LogP contribution >= 0.6 is 0 Å². The Morgan fingerprint density at radius 2 is 1.73 bits per heavy atom. The number of rotatable bonds is 8. The second-order valence-corrected chi connectivity index (χ2v) is 13.0. The predicted octanol–water partition coefficient (Wildman–Crippen LogP) is 4.91. The van der Waals surface area contributed by atoms with Crippen LogP contribution in [-0.4, -0.2) is 40.0 Å². The van der Waals surface area contributed by atoms with E-state index in [1.807, 2.05) is 37.3 Å². The van der Waals surface area contributed by atoms with Crippen LogP contribution in [0.25, 0.3) is 0 Å². The monoisotopic (exact) mass is 378 g/mol. The Labute approximate surface area is 159 Å². The van der Waals surface area contributed by atoms with Gasteiger partial charge in [0.05, 0.1) is 13.2 Å². The molecule has 1 aliphatic rings. The number of benzene rings is 1. The lowest BCUT2D eigenvalue weighted by Crippen LogP contribution is -2.47. The van der Waals surface area contributed by atoms with Crippen molar-refractivity contribution in [2.75, 3.05) is 13.2 Å². The van der Waals surface area contributed by atoms with E-state index in [0.29, 0.717) is 19.8 Å². The van der Waals surface area contributed by atoms with Crippen LogP contribution in [0, 0.1) is 0 Å². The Balaban J connectivity index is 2.01. The Morgan fingerprint density at radius 3 is 2.35 bits per heavy atom. The summed E-state index contributed by atoms with van der Waals surface area (Å²) in [4.78, 5) is 0. The molecule has 0 bridgehead atoms. The van der Waals surface area contributed by atoms with Crippen LogP contribution in [0.4, 0.5) is 0 Å². The Bertz CT molecular complexity index is 565. The lowest BCUT2D eigenvalue weighted by Gasteiger charge is -2.39. The van der Waals surface area contributed by atoms with Gasteiger partial charge in [0, 0.05) is 6.61 Å². The molecule has 1 aliphatic heterocycles. The maximum absolute atomic E-state index is 6.39. The lowest BCUT2D eigenvalue weighted by atomic mass is 10.1. The van der Waals surface area contributed by atoms with Gasteiger partial charge in [-0.05, 0) is 36.7 Å². The minimum atomic E-state index is -1.85. The van der Waals surface area contributed by atoms with Gasteiger partial charge in [-0.3, -0.25) is 0 Å². The van der Waals surface area contributed by atoms with Gasteiger partial charge >= 0.3 is 0 Å². The molecule has 1 aromatic rings. The maximum atomic E-state index is 6.39. The molecule has 146 valence electrons. The van der Waals surface area contributed by atoms with Crippen LogP contribution < -0.4 is 0 Å². The molecule has 0 unspecified atom stereocenters. The van der Waals surface area contributed by atoms with Crippen LogP contribution in [-0.2, 0) is 25.2 Å². The van der Waals surface area contributed by atoms with E-state index in [4.69, 9.17) is 18.6 Å². The molecule has 0 amide bonds. The average molecular weight is 379 g/mol. The third-order valence-corrected chi connectivity index (χ3v) is 9.66. The van der Waals surface area contributed by atoms with E-state index in [0.717, 1.165) is 5.56 Å². The van der Waals surface area contributed by atoms with E-state index >= 15 is 0 Å². The first-order valence-electron chi connectivity index (χ1n) is 9.48. The second kappa shape index (κ2) is 9.29. The van der Waals surface area contributed by atoms with Crippen LogP contribution in [0.3, 0.4) is 0 Å². The zero-order valence-electron chi connectivity index (χ0n) is 17.0. The first kappa shape index (κ1) is 21.3. The molecule has 1 aromatic carbocycles. The van der Waals surface area contributed by atoms with E-state index in [2.05, 4.69) is 46.0 Å². The van der Waals surface area contributed by atoms with Gasteiger partial charge in [0.2, 0.25) is 0 Å². The SMILES string of the molecule is CCO[C@@H]1C=C[C@H](OCc2ccccc2)[C@@H](CO[Si](C)(C)C(C)(C)C)O1. The number of hydrogen-bond acceptors (Lipinski definition) is 4. The molecule has 0 aromatic heterocycles. The fraction of sp³-hybridized carbons (Fsp3) is 0.619. The van der Waals surface area contributed by atoms with Crippen molar-refractivity contribution in [1.29, 1.82) is 0 Å². The Hall–Kier alpha value is -0.983. The zero-order chi connectivity index (χ0) is 19.2. The summed E-state index contributed by atoms with van der Waals surface area (Å²) < 4.78 is 24.2. The van der Waals surface area contributed by atoms with Gasteiger partial charge in [0.15, 0.2) is 14.6 Å². The van der Waals surface area contributed by atoms with Crippen molar-refractivity contribution in [3.05, 3.63) is 48.0 Å². The molecule has 0 saturated heterocycles. The second-order valence-electron chi connectivity index (χ2n) is 8.22. The molecule has 1 heterocycles. The third-order valence-electron chi connectivity index (χ3n) is 5.16. The third kappa shape index (κ3) is 6.03. The minimum Gasteiger partial charge on any atom is -0.414 e. The molecule has 0 saturated carbocycles. The van der Waals surface area contributed by atoms with Crippen LogP contribution in [0.15, 0.2) is 42.5 Å². The van der Waals surface area contributed by atoms with Gasteiger partial charge in [0.25, 0.3) is 0 Å². The van der Waals surface area contributed by atoms with Gasteiger partial charge in [-0.1, -0.05) is 57.2 Å². The summed E-state index contributed by atoms with van der Waals surface area (Å²) in [5, 5.41) is 0.164. The topological polar surface area (TPSA) is 36.9 Å². The molecule has 0 radical (unpaired) electrons. The number of hydrogen-bond donors (Lipinski definition) is 0. The van der Waals surface area contributed by atoms with E-state index in [1.54, 1.807) is 0 Å². The molecular formula is C21H34O4Si. The molecule has 0 fully saturated rings. The molecule has 5 heteroatoms. The van der Waals surface area contributed by atoms with Gasteiger partial charge in [-0.25, -0.2) is 0 Å². The molecule has 4 nitrogen and oxygen atoms in total. The van der Waals surface area contributed by atoms with Crippen LogP contribution in [0.5, 0.6) is 0 Å². The summed E-state index contributed by atoms with van der Waals surface area (Å²) >= 11 is 0. The standard InChI is InChI=1S/C21H34O4Si/c1-7-22-20-14-13-18(23-15-17-11-9-8-10-12-17)19(25-20)16-24-26(5,6)21(2,3)4/h8-14,18-20H,7,15-16H2,1-6H3/t18-,19+,20-/m0/s1. The van der Waals surface area contributed by atoms with Crippen molar-refractivity contribution in [1.82, 2.24) is 0 Å². The highest BCUT2D eigenvalue weighted by atomic mass is 28.4. The minimum absolute atomic E-state index is 0.142. The molecule has 3 atom stereocenters. The lowest BCUT2D eigenvalue weighted by molar-refractivity contribution is -0.186. The van der Waals surface area contributed by atoms with E-state index < -0.39 is 8.32 Å². The fourth-order valence-electron chi connectivity index (χ4n) is 2.45. The molecule has 0 N–H and O–H groups in total. The van der Waals surface area contributed by atoms with Crippen molar-refractivity contribution in [2.24, 2.45) is 0 Å². The summed E-state index contributed by atoms with van der Waals surface area (Å²) in [6.45, 7) is 14.9. The molecule has 26 heavy (non-hydrogen) atoms. The van der Waals surface area contributed by atoms with Crippen molar-refractivity contribution in [3.8, 4) is 0 Å². The summed E-state index contributed by atoms with van der Waals surface area (Å²) in [7, 11) is -1.85. The Morgan fingerprint density at radius 1 is 1.04 bits per heavy atom. The smallest absolute Gasteiger partial charge is 0.192 e. The maximum Gasteiger partial charge on any atom is 0.192 e. The highest BCUT2D eigenvalue weighted by Gasteiger charge is 2.39. The van der Waals surface area contributed by atoms with Crippen LogP contribution in [0.2, 0.25) is 18.1 Å². The van der Waals surface area contributed by atoms with Gasteiger partial charge < -0.3 is 18.6 Å². The van der Waals surface area contributed by atoms with Crippen molar-refractivity contribution >= 4 is 8.32 Å². The van der Waals surface area contributed by atoms with Gasteiger partial charge in [-0.15, -0.1) is 0 Å². The molecule has 2 rings (SSSR count). The fourth-order valence-corrected chi connectivity index (χ4v) is 3.46. The highest BCUT2D eigenvalue weighted by Crippen LogP contribution is 2.37.